The number of carbonyl (C=O) groups excluding carboxylic acids is 2. The Morgan fingerprint density at radius 1 is 1.50 bits per heavy atom. The summed E-state index contributed by atoms with van der Waals surface area (Å²) < 4.78 is 5.92. The topological polar surface area (TPSA) is 71.2 Å². The van der Waals surface area contributed by atoms with E-state index in [0.717, 1.165) is 4.47 Å². The van der Waals surface area contributed by atoms with Crippen LogP contribution in [0.2, 0.25) is 0 Å². The van der Waals surface area contributed by atoms with Gasteiger partial charge in [-0.05, 0) is 37.9 Å². The van der Waals surface area contributed by atoms with E-state index in [1.807, 2.05) is 0 Å². The van der Waals surface area contributed by atoms with Crippen molar-refractivity contribution >= 4 is 43.7 Å². The van der Waals surface area contributed by atoms with Crippen LogP contribution in [-0.2, 0) is 9.53 Å². The molecule has 2 N–H and O–H groups in total. The number of aromatic amines is 1. The van der Waals surface area contributed by atoms with Crippen molar-refractivity contribution in [2.24, 2.45) is 0 Å². The Bertz CT molecular complexity index is 384. The molecule has 1 aromatic rings. The summed E-state index contributed by atoms with van der Waals surface area (Å²) >= 11 is 6.49. The second-order valence-corrected chi connectivity index (χ2v) is 4.57. The van der Waals surface area contributed by atoms with Gasteiger partial charge in [0, 0.05) is 6.54 Å². The molecule has 0 fully saturated rings. The minimum Gasteiger partial charge on any atom is -0.469 e. The average molecular weight is 354 g/mol. The van der Waals surface area contributed by atoms with Crippen molar-refractivity contribution in [3.8, 4) is 0 Å². The quantitative estimate of drug-likeness (QED) is 0.811. The number of rotatable bonds is 4. The van der Waals surface area contributed by atoms with E-state index in [9.17, 15) is 9.59 Å². The van der Waals surface area contributed by atoms with Gasteiger partial charge in [-0.25, -0.2) is 0 Å². The molecule has 1 amide bonds. The highest BCUT2D eigenvalue weighted by Gasteiger charge is 2.11. The zero-order chi connectivity index (χ0) is 12.1. The van der Waals surface area contributed by atoms with Crippen LogP contribution in [0.15, 0.2) is 15.1 Å². The zero-order valence-corrected chi connectivity index (χ0v) is 11.6. The Kier molecular flexibility index (Phi) is 5.01. The highest BCUT2D eigenvalue weighted by Crippen LogP contribution is 2.22. The summed E-state index contributed by atoms with van der Waals surface area (Å²) in [6.45, 7) is 0.250. The van der Waals surface area contributed by atoms with Gasteiger partial charge in [0.25, 0.3) is 5.91 Å². The molecule has 1 heterocycles. The Hall–Kier alpha value is -0.820. The van der Waals surface area contributed by atoms with Crippen molar-refractivity contribution in [3.05, 3.63) is 20.8 Å². The summed E-state index contributed by atoms with van der Waals surface area (Å²) in [5, 5.41) is 2.59. The number of hydrogen-bond donors (Lipinski definition) is 2. The number of carbonyl (C=O) groups is 2. The van der Waals surface area contributed by atoms with Crippen LogP contribution < -0.4 is 5.32 Å². The molecule has 0 unspecified atom stereocenters. The third-order valence-corrected chi connectivity index (χ3v) is 3.60. The lowest BCUT2D eigenvalue weighted by molar-refractivity contribution is -0.140. The van der Waals surface area contributed by atoms with Crippen molar-refractivity contribution in [3.63, 3.8) is 0 Å². The second-order valence-electron chi connectivity index (χ2n) is 2.93. The zero-order valence-electron chi connectivity index (χ0n) is 8.47. The van der Waals surface area contributed by atoms with Crippen LogP contribution >= 0.6 is 31.9 Å². The van der Waals surface area contributed by atoms with E-state index in [2.05, 4.69) is 46.9 Å². The summed E-state index contributed by atoms with van der Waals surface area (Å²) in [6.07, 6.45) is 0.158. The number of aromatic nitrogens is 1. The van der Waals surface area contributed by atoms with Gasteiger partial charge in [-0.3, -0.25) is 9.59 Å². The van der Waals surface area contributed by atoms with Gasteiger partial charge in [-0.2, -0.15) is 0 Å². The first kappa shape index (κ1) is 13.2. The maximum absolute atomic E-state index is 11.5. The first-order valence-electron chi connectivity index (χ1n) is 4.43. The lowest BCUT2D eigenvalue weighted by atomic mass is 10.4. The Morgan fingerprint density at radius 2 is 2.19 bits per heavy atom. The van der Waals surface area contributed by atoms with Gasteiger partial charge in [0.2, 0.25) is 0 Å². The fourth-order valence-corrected chi connectivity index (χ4v) is 1.66. The van der Waals surface area contributed by atoms with Crippen molar-refractivity contribution in [1.82, 2.24) is 10.3 Å². The smallest absolute Gasteiger partial charge is 0.307 e. The number of nitrogens with one attached hydrogen (secondary N) is 2. The third kappa shape index (κ3) is 3.64. The lowest BCUT2D eigenvalue weighted by Gasteiger charge is -2.02. The van der Waals surface area contributed by atoms with Crippen LogP contribution in [0.5, 0.6) is 0 Å². The summed E-state index contributed by atoms with van der Waals surface area (Å²) in [5.41, 5.74) is 0.420. The predicted octanol–water partition coefficient (Wildman–Crippen LogP) is 1.83. The van der Waals surface area contributed by atoms with Crippen LogP contribution in [0.1, 0.15) is 16.9 Å². The van der Waals surface area contributed by atoms with Gasteiger partial charge in [-0.1, -0.05) is 0 Å². The number of hydrogen-bond acceptors (Lipinski definition) is 3. The van der Waals surface area contributed by atoms with Crippen LogP contribution in [0.3, 0.4) is 0 Å². The monoisotopic (exact) mass is 352 g/mol. The first-order chi connectivity index (χ1) is 7.54. The van der Waals surface area contributed by atoms with Crippen molar-refractivity contribution in [2.75, 3.05) is 13.7 Å². The number of methoxy groups -OCH3 is 1. The molecule has 0 aliphatic carbocycles. The molecule has 0 aliphatic heterocycles. The van der Waals surface area contributed by atoms with Crippen LogP contribution in [0, 0.1) is 0 Å². The van der Waals surface area contributed by atoms with Gasteiger partial charge in [0.1, 0.15) is 5.69 Å². The molecule has 0 saturated heterocycles. The summed E-state index contributed by atoms with van der Waals surface area (Å²) in [7, 11) is 1.31. The molecule has 1 aromatic heterocycles. The van der Waals surface area contributed by atoms with E-state index in [0.29, 0.717) is 10.3 Å². The van der Waals surface area contributed by atoms with Crippen LogP contribution in [0.4, 0.5) is 0 Å². The highest BCUT2D eigenvalue weighted by molar-refractivity contribution is 9.13. The molecule has 0 atom stereocenters. The molecule has 5 nitrogen and oxygen atoms in total. The van der Waals surface area contributed by atoms with E-state index in [1.165, 1.54) is 7.11 Å². The largest absolute Gasteiger partial charge is 0.469 e. The highest BCUT2D eigenvalue weighted by atomic mass is 79.9. The minimum atomic E-state index is -0.353. The molecule has 0 bridgehead atoms. The first-order valence-corrected chi connectivity index (χ1v) is 6.02. The van der Waals surface area contributed by atoms with Crippen molar-refractivity contribution < 1.29 is 14.3 Å². The normalized spacial score (nSPS) is 9.94. The van der Waals surface area contributed by atoms with Crippen LogP contribution in [0.25, 0.3) is 0 Å². The Labute approximate surface area is 109 Å². The summed E-state index contributed by atoms with van der Waals surface area (Å²) in [6, 6.07) is 1.65. The number of halogens is 2. The van der Waals surface area contributed by atoms with Gasteiger partial charge in [0.05, 0.1) is 22.6 Å². The second kappa shape index (κ2) is 6.05. The predicted molar refractivity (Wildman–Crippen MR) is 65.2 cm³/mol. The summed E-state index contributed by atoms with van der Waals surface area (Å²) in [4.78, 5) is 25.2. The molecule has 88 valence electrons. The number of amides is 1. The molecule has 0 radical (unpaired) electrons. The van der Waals surface area contributed by atoms with Gasteiger partial charge in [0.15, 0.2) is 0 Å². The average Bonchev–Trinajstić information content (AvgIpc) is 2.59. The maximum Gasteiger partial charge on any atom is 0.307 e. The van der Waals surface area contributed by atoms with Gasteiger partial charge in [-0.15, -0.1) is 0 Å². The fourth-order valence-electron chi connectivity index (χ4n) is 1.00. The van der Waals surface area contributed by atoms with E-state index in [-0.39, 0.29) is 24.8 Å². The maximum atomic E-state index is 11.5. The van der Waals surface area contributed by atoms with Gasteiger partial charge >= 0.3 is 5.97 Å². The van der Waals surface area contributed by atoms with E-state index < -0.39 is 0 Å². The third-order valence-electron chi connectivity index (χ3n) is 1.81. The molecule has 0 spiro atoms. The summed E-state index contributed by atoms with van der Waals surface area (Å²) in [5.74, 6) is -0.621. The van der Waals surface area contributed by atoms with E-state index in [1.54, 1.807) is 6.07 Å². The molecular formula is C9H10Br2N2O3. The van der Waals surface area contributed by atoms with E-state index >= 15 is 0 Å². The molecule has 16 heavy (non-hydrogen) atoms. The Balaban J connectivity index is 2.44. The van der Waals surface area contributed by atoms with Crippen molar-refractivity contribution in [2.45, 2.75) is 6.42 Å². The molecular weight excluding hydrogens is 344 g/mol. The minimum absolute atomic E-state index is 0.158. The number of H-pyrrole nitrogens is 1. The fraction of sp³-hybridized carbons (Fsp3) is 0.333. The molecule has 0 aliphatic rings. The molecule has 0 saturated carbocycles. The standard InChI is InChI=1S/C9H10Br2N2O3/c1-16-7(14)2-3-12-9(15)6-4-5(10)8(11)13-6/h4,13H,2-3H2,1H3,(H,12,15). The molecule has 7 heteroatoms. The molecule has 1 rings (SSSR count). The van der Waals surface area contributed by atoms with Crippen molar-refractivity contribution in [1.29, 1.82) is 0 Å². The van der Waals surface area contributed by atoms with Gasteiger partial charge < -0.3 is 15.0 Å². The lowest BCUT2D eigenvalue weighted by Crippen LogP contribution is -2.26. The SMILES string of the molecule is COC(=O)CCNC(=O)c1cc(Br)c(Br)[nH]1. The number of ether oxygens (including phenoxy) is 1. The van der Waals surface area contributed by atoms with Crippen LogP contribution in [-0.4, -0.2) is 30.5 Å². The van der Waals surface area contributed by atoms with E-state index in [4.69, 9.17) is 0 Å². The number of esters is 1. The molecule has 0 aromatic carbocycles. The Morgan fingerprint density at radius 3 is 2.69 bits per heavy atom.